The first-order valence-corrected chi connectivity index (χ1v) is 4.77. The van der Waals surface area contributed by atoms with Crippen LogP contribution in [-0.4, -0.2) is 18.2 Å². The smallest absolute Gasteiger partial charge is 0.328 e. The van der Waals surface area contributed by atoms with Crippen LogP contribution in [-0.2, 0) is 16.8 Å². The molecule has 0 aliphatic heterocycles. The van der Waals surface area contributed by atoms with Crippen molar-refractivity contribution in [3.05, 3.63) is 29.3 Å². The molecular formula is C11H13NO3. The molecule has 1 aromatic rings. The van der Waals surface area contributed by atoms with Crippen LogP contribution in [0.4, 0.5) is 0 Å². The number of fused-ring (bicyclic) bond motifs is 1. The van der Waals surface area contributed by atoms with E-state index in [-0.39, 0.29) is 0 Å². The van der Waals surface area contributed by atoms with Gasteiger partial charge in [0.25, 0.3) is 0 Å². The minimum atomic E-state index is -1.25. The van der Waals surface area contributed by atoms with Crippen molar-refractivity contribution >= 4 is 5.97 Å². The topological polar surface area (TPSA) is 72.5 Å². The maximum Gasteiger partial charge on any atom is 0.328 e. The number of nitrogens with two attached hydrogens (primary N) is 1. The van der Waals surface area contributed by atoms with Crippen molar-refractivity contribution in [2.24, 2.45) is 5.73 Å². The van der Waals surface area contributed by atoms with Gasteiger partial charge in [-0.2, -0.15) is 0 Å². The van der Waals surface area contributed by atoms with E-state index in [0.29, 0.717) is 24.2 Å². The van der Waals surface area contributed by atoms with Gasteiger partial charge in [-0.05, 0) is 36.1 Å². The summed E-state index contributed by atoms with van der Waals surface area (Å²) in [4.78, 5) is 11.1. The van der Waals surface area contributed by atoms with Gasteiger partial charge in [-0.25, -0.2) is 4.79 Å². The van der Waals surface area contributed by atoms with Gasteiger partial charge >= 0.3 is 5.97 Å². The summed E-state index contributed by atoms with van der Waals surface area (Å²) in [7, 11) is 1.55. The predicted octanol–water partition coefficient (Wildman–Crippen LogP) is 0.880. The first-order chi connectivity index (χ1) is 7.08. The second kappa shape index (κ2) is 3.24. The second-order valence-electron chi connectivity index (χ2n) is 3.80. The molecule has 0 aromatic heterocycles. The minimum Gasteiger partial charge on any atom is -0.497 e. The summed E-state index contributed by atoms with van der Waals surface area (Å²) in [6.07, 6.45) is 1.16. The molecule has 3 N–H and O–H groups in total. The molecule has 1 unspecified atom stereocenters. The molecular weight excluding hydrogens is 194 g/mol. The van der Waals surface area contributed by atoms with Crippen molar-refractivity contribution in [2.75, 3.05) is 7.11 Å². The van der Waals surface area contributed by atoms with Crippen molar-refractivity contribution in [1.82, 2.24) is 0 Å². The van der Waals surface area contributed by atoms with Crippen molar-refractivity contribution < 1.29 is 14.6 Å². The number of hydrogen-bond acceptors (Lipinski definition) is 3. The maximum atomic E-state index is 11.1. The van der Waals surface area contributed by atoms with E-state index in [0.717, 1.165) is 5.56 Å². The third-order valence-corrected chi connectivity index (χ3v) is 2.97. The number of carbonyl (C=O) groups is 1. The van der Waals surface area contributed by atoms with Crippen molar-refractivity contribution in [2.45, 2.75) is 18.4 Å². The number of aryl methyl sites for hydroxylation is 1. The van der Waals surface area contributed by atoms with Crippen LogP contribution in [0.25, 0.3) is 0 Å². The van der Waals surface area contributed by atoms with Crippen molar-refractivity contribution in [1.29, 1.82) is 0 Å². The number of ether oxygens (including phenoxy) is 1. The summed E-state index contributed by atoms with van der Waals surface area (Å²) in [5.74, 6) is -0.332. The molecule has 0 radical (unpaired) electrons. The van der Waals surface area contributed by atoms with E-state index in [1.165, 1.54) is 0 Å². The van der Waals surface area contributed by atoms with Gasteiger partial charge in [0, 0.05) is 0 Å². The third-order valence-electron chi connectivity index (χ3n) is 2.97. The number of carboxylic acids is 1. The molecule has 0 saturated heterocycles. The number of aliphatic carboxylic acids is 1. The minimum absolute atomic E-state index is 0.449. The van der Waals surface area contributed by atoms with Gasteiger partial charge in [-0.3, -0.25) is 0 Å². The zero-order valence-electron chi connectivity index (χ0n) is 8.49. The first kappa shape index (κ1) is 9.98. The van der Waals surface area contributed by atoms with Crippen molar-refractivity contribution in [3.8, 4) is 5.75 Å². The standard InChI is InChI=1S/C11H13NO3/c1-15-8-3-2-7-4-5-11(12,10(13)14)9(7)6-8/h2-3,6H,4-5,12H2,1H3,(H,13,14). The largest absolute Gasteiger partial charge is 0.497 e. The highest BCUT2D eigenvalue weighted by molar-refractivity contribution is 5.82. The molecule has 0 heterocycles. The number of rotatable bonds is 2. The van der Waals surface area contributed by atoms with Gasteiger partial charge in [0.1, 0.15) is 11.3 Å². The van der Waals surface area contributed by atoms with Gasteiger partial charge in [0.15, 0.2) is 0 Å². The Morgan fingerprint density at radius 1 is 1.60 bits per heavy atom. The number of methoxy groups -OCH3 is 1. The molecule has 0 spiro atoms. The number of benzene rings is 1. The lowest BCUT2D eigenvalue weighted by Crippen LogP contribution is -2.42. The molecule has 0 bridgehead atoms. The van der Waals surface area contributed by atoms with Gasteiger partial charge in [0.05, 0.1) is 7.11 Å². The van der Waals surface area contributed by atoms with E-state index in [2.05, 4.69) is 0 Å². The monoisotopic (exact) mass is 207 g/mol. The van der Waals surface area contributed by atoms with Crippen LogP contribution in [0.1, 0.15) is 17.5 Å². The van der Waals surface area contributed by atoms with E-state index in [1.54, 1.807) is 13.2 Å². The first-order valence-electron chi connectivity index (χ1n) is 4.77. The SMILES string of the molecule is COc1ccc2c(c1)C(N)(C(=O)O)CC2. The van der Waals surface area contributed by atoms with Crippen LogP contribution in [0.5, 0.6) is 5.75 Å². The lowest BCUT2D eigenvalue weighted by atomic mass is 9.93. The van der Waals surface area contributed by atoms with Gasteiger partial charge in [-0.1, -0.05) is 6.07 Å². The molecule has 1 aliphatic rings. The fourth-order valence-electron chi connectivity index (χ4n) is 2.00. The van der Waals surface area contributed by atoms with Gasteiger partial charge < -0.3 is 15.6 Å². The predicted molar refractivity (Wildman–Crippen MR) is 54.8 cm³/mol. The van der Waals surface area contributed by atoms with Crippen LogP contribution in [0.15, 0.2) is 18.2 Å². The van der Waals surface area contributed by atoms with Gasteiger partial charge in [0.2, 0.25) is 0 Å². The number of hydrogen-bond donors (Lipinski definition) is 2. The summed E-state index contributed by atoms with van der Waals surface area (Å²) in [6.45, 7) is 0. The molecule has 0 amide bonds. The normalized spacial score (nSPS) is 23.6. The molecule has 4 nitrogen and oxygen atoms in total. The quantitative estimate of drug-likeness (QED) is 0.755. The molecule has 1 atom stereocenters. The highest BCUT2D eigenvalue weighted by Gasteiger charge is 2.42. The summed E-state index contributed by atoms with van der Waals surface area (Å²) in [5, 5.41) is 9.12. The molecule has 0 saturated carbocycles. The van der Waals surface area contributed by atoms with E-state index in [1.807, 2.05) is 12.1 Å². The van der Waals surface area contributed by atoms with Crippen LogP contribution < -0.4 is 10.5 Å². The molecule has 2 rings (SSSR count). The Bertz CT molecular complexity index is 416. The van der Waals surface area contributed by atoms with Crippen molar-refractivity contribution in [3.63, 3.8) is 0 Å². The third kappa shape index (κ3) is 1.37. The van der Waals surface area contributed by atoms with Crippen LogP contribution >= 0.6 is 0 Å². The highest BCUT2D eigenvalue weighted by Crippen LogP contribution is 2.37. The lowest BCUT2D eigenvalue weighted by molar-refractivity contribution is -0.143. The lowest BCUT2D eigenvalue weighted by Gasteiger charge is -2.19. The summed E-state index contributed by atoms with van der Waals surface area (Å²) >= 11 is 0. The summed E-state index contributed by atoms with van der Waals surface area (Å²) in [6, 6.07) is 5.43. The zero-order chi connectivity index (χ0) is 11.1. The highest BCUT2D eigenvalue weighted by atomic mass is 16.5. The Morgan fingerprint density at radius 2 is 2.33 bits per heavy atom. The fraction of sp³-hybridized carbons (Fsp3) is 0.364. The Labute approximate surface area is 87.7 Å². The molecule has 15 heavy (non-hydrogen) atoms. The van der Waals surface area contributed by atoms with Gasteiger partial charge in [-0.15, -0.1) is 0 Å². The molecule has 80 valence electrons. The Balaban J connectivity index is 2.53. The summed E-state index contributed by atoms with van der Waals surface area (Å²) < 4.78 is 5.06. The summed E-state index contributed by atoms with van der Waals surface area (Å²) in [5.41, 5.74) is 6.31. The van der Waals surface area contributed by atoms with Crippen LogP contribution in [0.3, 0.4) is 0 Å². The van der Waals surface area contributed by atoms with Crippen LogP contribution in [0.2, 0.25) is 0 Å². The van der Waals surface area contributed by atoms with E-state index in [4.69, 9.17) is 15.6 Å². The maximum absolute atomic E-state index is 11.1. The average molecular weight is 207 g/mol. The Morgan fingerprint density at radius 3 is 2.93 bits per heavy atom. The second-order valence-corrected chi connectivity index (χ2v) is 3.80. The average Bonchev–Trinajstić information content (AvgIpc) is 2.57. The number of carboxylic acid groups (broad SMARTS) is 1. The molecule has 0 fully saturated rings. The fourth-order valence-corrected chi connectivity index (χ4v) is 2.00. The van der Waals surface area contributed by atoms with Crippen LogP contribution in [0, 0.1) is 0 Å². The Hall–Kier alpha value is -1.55. The molecule has 1 aliphatic carbocycles. The zero-order valence-corrected chi connectivity index (χ0v) is 8.49. The Kier molecular flexibility index (Phi) is 2.16. The van der Waals surface area contributed by atoms with E-state index in [9.17, 15) is 4.79 Å². The molecule has 1 aromatic carbocycles. The van der Waals surface area contributed by atoms with E-state index < -0.39 is 11.5 Å². The van der Waals surface area contributed by atoms with E-state index >= 15 is 0 Å². The molecule has 4 heteroatoms.